The van der Waals surface area contributed by atoms with Gasteiger partial charge in [-0.3, -0.25) is 4.57 Å². The van der Waals surface area contributed by atoms with Gasteiger partial charge in [0.25, 0.3) is 6.33 Å². The number of hydrogen-bond acceptors (Lipinski definition) is 2. The van der Waals surface area contributed by atoms with Crippen LogP contribution in [0.3, 0.4) is 0 Å². The van der Waals surface area contributed by atoms with Crippen LogP contribution in [-0.2, 0) is 31.9 Å². The summed E-state index contributed by atoms with van der Waals surface area (Å²) in [6, 6.07) is 61.2. The molecular weight excluding hydrogens is 1040 g/mol. The van der Waals surface area contributed by atoms with E-state index in [4.69, 9.17) is 17.9 Å². The molecule has 1 aliphatic heterocycles. The van der Waals surface area contributed by atoms with Crippen molar-refractivity contribution < 1.29 is 38.6 Å². The second-order valence-corrected chi connectivity index (χ2v) is 20.0. The van der Waals surface area contributed by atoms with Crippen LogP contribution in [-0.4, -0.2) is 14.1 Å². The topological polar surface area (TPSA) is 35.9 Å². The number of benzene rings is 8. The molecule has 8 aromatic carbocycles. The first-order valence-electron chi connectivity index (χ1n) is 26.4. The predicted octanol–water partition coefficient (Wildman–Crippen LogP) is 15.8. The first kappa shape index (κ1) is 38.5. The zero-order valence-electron chi connectivity index (χ0n) is 45.7. The number of hydrogen-bond donors (Lipinski definition) is 0. The Hall–Kier alpha value is -7.33. The average Bonchev–Trinajstić information content (AvgIpc) is 4.06. The maximum Gasteiger partial charge on any atom is 0.268 e. The van der Waals surface area contributed by atoms with Crippen LogP contribution in [0.15, 0.2) is 170 Å². The van der Waals surface area contributed by atoms with Crippen LogP contribution in [0.25, 0.3) is 94.5 Å². The third kappa shape index (κ3) is 7.42. The quantitative estimate of drug-likeness (QED) is 0.127. The van der Waals surface area contributed by atoms with Crippen molar-refractivity contribution in [3.05, 3.63) is 211 Å². The van der Waals surface area contributed by atoms with E-state index in [0.717, 1.165) is 77.6 Å². The summed E-state index contributed by atoms with van der Waals surface area (Å²) in [6.07, 6.45) is 5.63. The molecule has 0 N–H and O–H groups in total. The minimum absolute atomic E-state index is 0. The van der Waals surface area contributed by atoms with Gasteiger partial charge < -0.3 is 13.9 Å². The molecule has 0 atom stereocenters. The first-order chi connectivity index (χ1) is 35.7. The number of aromatic nitrogens is 4. The Kier molecular flexibility index (Phi) is 9.33. The van der Waals surface area contributed by atoms with Crippen LogP contribution >= 0.6 is 0 Å². The number of ether oxygens (including phenoxy) is 1. The van der Waals surface area contributed by atoms with Crippen molar-refractivity contribution >= 4 is 32.8 Å². The maximum absolute atomic E-state index is 8.76. The Morgan fingerprint density at radius 2 is 1.19 bits per heavy atom. The Balaban J connectivity index is 0.00000616. The van der Waals surface area contributed by atoms with Gasteiger partial charge in [0.2, 0.25) is 0 Å². The Morgan fingerprint density at radius 1 is 0.557 bits per heavy atom. The molecule has 0 aliphatic carbocycles. The van der Waals surface area contributed by atoms with E-state index in [1.54, 1.807) is 0 Å². The molecule has 0 saturated heterocycles. The van der Waals surface area contributed by atoms with Crippen LogP contribution in [0.1, 0.15) is 72.0 Å². The molecule has 0 saturated carbocycles. The molecule has 0 amide bonds. The smallest absolute Gasteiger partial charge is 0.268 e. The normalized spacial score (nSPS) is 13.8. The SMILES string of the molecule is [2H]C([2H])([2H])c1cccc(C([2H])([2H])[2H])c1-c1cc2c(cc1C(C)(C)C)-c1ccccc1-c1ccccc1-c1cccc3c1[n+]-2[c-]n3-c1[c-]c(Oc2[c-]c3c(cc2)c2ccccc2n3-c2cc(C(C)(C)C)ccn2)ccc1.[Pt]. The molecule has 0 radical (unpaired) electrons. The van der Waals surface area contributed by atoms with Gasteiger partial charge in [-0.05, 0) is 127 Å². The van der Waals surface area contributed by atoms with Gasteiger partial charge in [0.15, 0.2) is 0 Å². The number of para-hydroxylation sites is 2. The number of nitrogens with zero attached hydrogens (tertiary/aromatic N) is 4. The zero-order chi connectivity index (χ0) is 52.3. The van der Waals surface area contributed by atoms with Gasteiger partial charge in [-0.15, -0.1) is 29.7 Å². The second-order valence-electron chi connectivity index (χ2n) is 20.0. The van der Waals surface area contributed by atoms with Gasteiger partial charge in [0.1, 0.15) is 5.82 Å². The molecule has 70 heavy (non-hydrogen) atoms. The summed E-state index contributed by atoms with van der Waals surface area (Å²) in [5.74, 6) is 1.77. The summed E-state index contributed by atoms with van der Waals surface area (Å²) in [5.41, 5.74) is 12.7. The average molecular weight is 1090 g/mol. The molecule has 4 heterocycles. The molecule has 346 valence electrons. The van der Waals surface area contributed by atoms with E-state index in [-0.39, 0.29) is 43.2 Å². The van der Waals surface area contributed by atoms with E-state index in [9.17, 15) is 0 Å². The summed E-state index contributed by atoms with van der Waals surface area (Å²) in [7, 11) is 0. The Morgan fingerprint density at radius 3 is 1.90 bits per heavy atom. The summed E-state index contributed by atoms with van der Waals surface area (Å²) in [5, 5.41) is 2.11. The van der Waals surface area contributed by atoms with Gasteiger partial charge in [0, 0.05) is 52.5 Å². The van der Waals surface area contributed by atoms with E-state index < -0.39 is 19.1 Å². The van der Waals surface area contributed by atoms with Crippen molar-refractivity contribution in [1.82, 2.24) is 14.1 Å². The van der Waals surface area contributed by atoms with Crippen molar-refractivity contribution in [3.8, 4) is 73.2 Å². The van der Waals surface area contributed by atoms with Crippen LogP contribution in [0.4, 0.5) is 0 Å². The molecule has 6 heteroatoms. The zero-order valence-corrected chi connectivity index (χ0v) is 42.0. The fraction of sp³-hybridized carbons (Fsp3) is 0.156. The van der Waals surface area contributed by atoms with Crippen LogP contribution in [0.5, 0.6) is 11.5 Å². The monoisotopic (exact) mass is 1090 g/mol. The Labute approximate surface area is 433 Å². The summed E-state index contributed by atoms with van der Waals surface area (Å²) >= 11 is 0. The summed E-state index contributed by atoms with van der Waals surface area (Å²) < 4.78 is 65.5. The standard InChI is InChI=1S/C64H52N4O.Pt/c1-40-18-15-19-41(2)61(40)54-38-58-53(37-55(54)64(6,7)8)49-25-12-10-23-47(49)46-22-9-11-24-48(46)52-27-17-29-57-62(52)67(58)39-66(57)43-20-16-21-44(35-43)69-45-30-31-51-50-26-13-14-28-56(50)68(59(51)36-45)60-34-42(32-33-65-60)63(3,4)5;/h9-34,37-38H,1-8H3;/q-2;/i1D3,2D3;. The number of rotatable bonds is 5. The minimum atomic E-state index is -2.62. The molecule has 0 unspecified atom stereocenters. The van der Waals surface area contributed by atoms with Gasteiger partial charge in [-0.25, -0.2) is 4.98 Å². The molecule has 0 bridgehead atoms. The van der Waals surface area contributed by atoms with Crippen molar-refractivity contribution in [2.24, 2.45) is 0 Å². The van der Waals surface area contributed by atoms with E-state index in [1.807, 2.05) is 76.0 Å². The molecule has 1 aliphatic rings. The van der Waals surface area contributed by atoms with E-state index in [0.29, 0.717) is 28.4 Å². The van der Waals surface area contributed by atoms with Gasteiger partial charge >= 0.3 is 0 Å². The van der Waals surface area contributed by atoms with Crippen LogP contribution in [0, 0.1) is 32.2 Å². The second kappa shape index (κ2) is 17.0. The van der Waals surface area contributed by atoms with Crippen LogP contribution in [0.2, 0.25) is 0 Å². The minimum Gasteiger partial charge on any atom is -0.510 e. The Bertz CT molecular complexity index is 4080. The molecule has 0 spiro atoms. The molecule has 0 fully saturated rings. The summed E-state index contributed by atoms with van der Waals surface area (Å²) in [6.45, 7) is 7.59. The number of pyridine rings is 1. The van der Waals surface area contributed by atoms with E-state index in [2.05, 4.69) is 149 Å². The van der Waals surface area contributed by atoms with Crippen molar-refractivity contribution in [3.63, 3.8) is 0 Å². The predicted molar refractivity (Wildman–Crippen MR) is 282 cm³/mol. The van der Waals surface area contributed by atoms with Gasteiger partial charge in [-0.2, -0.15) is 18.2 Å². The molecular formula is C64H52N4OPt-2. The molecule has 3 aromatic heterocycles. The molecule has 12 rings (SSSR count). The fourth-order valence-electron chi connectivity index (χ4n) is 10.2. The summed E-state index contributed by atoms with van der Waals surface area (Å²) in [4.78, 5) is 4.86. The van der Waals surface area contributed by atoms with Crippen molar-refractivity contribution in [2.75, 3.05) is 0 Å². The molecule has 11 aromatic rings. The van der Waals surface area contributed by atoms with Gasteiger partial charge in [-0.1, -0.05) is 156 Å². The number of imidazole rings is 1. The fourth-order valence-corrected chi connectivity index (χ4v) is 10.2. The van der Waals surface area contributed by atoms with E-state index in [1.165, 1.54) is 23.8 Å². The third-order valence-corrected chi connectivity index (χ3v) is 13.5. The largest absolute Gasteiger partial charge is 0.510 e. The van der Waals surface area contributed by atoms with Gasteiger partial charge in [0.05, 0.1) is 16.7 Å². The van der Waals surface area contributed by atoms with Crippen molar-refractivity contribution in [1.29, 1.82) is 0 Å². The third-order valence-electron chi connectivity index (χ3n) is 13.5. The first-order valence-corrected chi connectivity index (χ1v) is 23.4. The number of fused-ring (bicyclic) bond motifs is 10. The molecule has 5 nitrogen and oxygen atoms in total. The van der Waals surface area contributed by atoms with Crippen LogP contribution < -0.4 is 9.30 Å². The maximum atomic E-state index is 8.76. The van der Waals surface area contributed by atoms with Crippen molar-refractivity contribution in [2.45, 2.75) is 66.1 Å². The van der Waals surface area contributed by atoms with E-state index >= 15 is 0 Å². The number of aryl methyl sites for hydroxylation is 2.